The second-order valence-corrected chi connectivity index (χ2v) is 5.12. The lowest BCUT2D eigenvalue weighted by Gasteiger charge is -2.15. The standard InChI is InChI=1S/C14H24FN3O/c1-10(2)19-14-9-13(12(16)8-11(14)15)17-6-5-7-18(3)4/h8-10,17H,5-7,16H2,1-4H3. The molecule has 1 aromatic carbocycles. The monoisotopic (exact) mass is 269 g/mol. The molecule has 0 fully saturated rings. The van der Waals surface area contributed by atoms with Crippen LogP contribution >= 0.6 is 0 Å². The molecule has 0 aromatic heterocycles. The van der Waals surface area contributed by atoms with Crippen molar-refractivity contribution in [3.63, 3.8) is 0 Å². The highest BCUT2D eigenvalue weighted by molar-refractivity contribution is 5.68. The van der Waals surface area contributed by atoms with Gasteiger partial charge in [-0.2, -0.15) is 0 Å². The topological polar surface area (TPSA) is 50.5 Å². The van der Waals surface area contributed by atoms with Crippen molar-refractivity contribution < 1.29 is 9.13 Å². The van der Waals surface area contributed by atoms with Crippen molar-refractivity contribution in [3.05, 3.63) is 17.9 Å². The summed E-state index contributed by atoms with van der Waals surface area (Å²) in [5.74, 6) is -0.190. The maximum absolute atomic E-state index is 13.6. The summed E-state index contributed by atoms with van der Waals surface area (Å²) in [5, 5.41) is 3.21. The summed E-state index contributed by atoms with van der Waals surface area (Å²) >= 11 is 0. The van der Waals surface area contributed by atoms with Crippen molar-refractivity contribution in [1.29, 1.82) is 0 Å². The highest BCUT2D eigenvalue weighted by Crippen LogP contribution is 2.28. The van der Waals surface area contributed by atoms with E-state index in [9.17, 15) is 4.39 Å². The lowest BCUT2D eigenvalue weighted by Crippen LogP contribution is -2.17. The van der Waals surface area contributed by atoms with Gasteiger partial charge in [-0.1, -0.05) is 0 Å². The van der Waals surface area contributed by atoms with E-state index in [2.05, 4.69) is 10.2 Å². The van der Waals surface area contributed by atoms with Crippen LogP contribution in [0.2, 0.25) is 0 Å². The Bertz CT molecular complexity index is 408. The van der Waals surface area contributed by atoms with E-state index in [0.717, 1.165) is 25.2 Å². The van der Waals surface area contributed by atoms with E-state index in [1.165, 1.54) is 6.07 Å². The van der Waals surface area contributed by atoms with E-state index < -0.39 is 5.82 Å². The number of hydrogen-bond donors (Lipinski definition) is 2. The normalized spacial score (nSPS) is 11.1. The molecule has 5 heteroatoms. The summed E-state index contributed by atoms with van der Waals surface area (Å²) in [5.41, 5.74) is 6.91. The quantitative estimate of drug-likeness (QED) is 0.590. The van der Waals surface area contributed by atoms with Crippen LogP contribution in [0.3, 0.4) is 0 Å². The van der Waals surface area contributed by atoms with Gasteiger partial charge in [0.25, 0.3) is 0 Å². The number of hydrogen-bond acceptors (Lipinski definition) is 4. The average Bonchev–Trinajstić information content (AvgIpc) is 2.29. The van der Waals surface area contributed by atoms with Crippen LogP contribution in [0.25, 0.3) is 0 Å². The SMILES string of the molecule is CC(C)Oc1cc(NCCCN(C)C)c(N)cc1F. The number of nitrogens with two attached hydrogens (primary N) is 1. The minimum atomic E-state index is -0.426. The Morgan fingerprint density at radius 2 is 2.05 bits per heavy atom. The molecule has 0 unspecified atom stereocenters. The zero-order valence-corrected chi connectivity index (χ0v) is 12.2. The number of nitrogens with zero attached hydrogens (tertiary/aromatic N) is 1. The van der Waals surface area contributed by atoms with Gasteiger partial charge in [0.05, 0.1) is 17.5 Å². The molecule has 108 valence electrons. The molecular weight excluding hydrogens is 245 g/mol. The summed E-state index contributed by atoms with van der Waals surface area (Å²) in [6.07, 6.45) is 0.921. The van der Waals surface area contributed by atoms with Crippen LogP contribution in [-0.4, -0.2) is 38.2 Å². The molecule has 0 saturated carbocycles. The van der Waals surface area contributed by atoms with E-state index in [0.29, 0.717) is 5.69 Å². The first-order valence-corrected chi connectivity index (χ1v) is 6.54. The number of benzene rings is 1. The molecule has 19 heavy (non-hydrogen) atoms. The molecule has 4 nitrogen and oxygen atoms in total. The number of rotatable bonds is 7. The van der Waals surface area contributed by atoms with Crippen LogP contribution in [0.15, 0.2) is 12.1 Å². The van der Waals surface area contributed by atoms with Gasteiger partial charge >= 0.3 is 0 Å². The van der Waals surface area contributed by atoms with Gasteiger partial charge < -0.3 is 20.7 Å². The molecule has 1 aromatic rings. The third kappa shape index (κ3) is 5.34. The highest BCUT2D eigenvalue weighted by Gasteiger charge is 2.10. The molecule has 3 N–H and O–H groups in total. The van der Waals surface area contributed by atoms with Gasteiger partial charge in [-0.25, -0.2) is 4.39 Å². The molecule has 0 aliphatic carbocycles. The number of nitrogens with one attached hydrogen (secondary N) is 1. The van der Waals surface area contributed by atoms with Gasteiger partial charge in [0.1, 0.15) is 0 Å². The molecule has 0 bridgehead atoms. The summed E-state index contributed by atoms with van der Waals surface area (Å²) in [6.45, 7) is 5.50. The summed E-state index contributed by atoms with van der Waals surface area (Å²) in [4.78, 5) is 2.11. The fourth-order valence-electron chi connectivity index (χ4n) is 1.68. The first kappa shape index (κ1) is 15.6. The minimum Gasteiger partial charge on any atom is -0.488 e. The van der Waals surface area contributed by atoms with Crippen molar-refractivity contribution in [3.8, 4) is 5.75 Å². The molecule has 0 saturated heterocycles. The Kier molecular flexibility index (Phi) is 5.89. The predicted molar refractivity (Wildman–Crippen MR) is 78.2 cm³/mol. The minimum absolute atomic E-state index is 0.0697. The van der Waals surface area contributed by atoms with Crippen LogP contribution in [0.1, 0.15) is 20.3 Å². The third-order valence-corrected chi connectivity index (χ3v) is 2.56. The van der Waals surface area contributed by atoms with Crippen molar-refractivity contribution in [2.45, 2.75) is 26.4 Å². The Morgan fingerprint density at radius 1 is 1.37 bits per heavy atom. The van der Waals surface area contributed by atoms with Crippen molar-refractivity contribution in [2.24, 2.45) is 0 Å². The Hall–Kier alpha value is -1.49. The Morgan fingerprint density at radius 3 is 2.63 bits per heavy atom. The second kappa shape index (κ2) is 7.19. The summed E-state index contributed by atoms with van der Waals surface area (Å²) in [6, 6.07) is 2.92. The van der Waals surface area contributed by atoms with E-state index in [1.807, 2.05) is 27.9 Å². The predicted octanol–water partition coefficient (Wildman–Crippen LogP) is 2.56. The second-order valence-electron chi connectivity index (χ2n) is 5.12. The average molecular weight is 269 g/mol. The van der Waals surface area contributed by atoms with Crippen LogP contribution < -0.4 is 15.8 Å². The molecule has 0 aliphatic rings. The highest BCUT2D eigenvalue weighted by atomic mass is 19.1. The van der Waals surface area contributed by atoms with Gasteiger partial charge in [-0.3, -0.25) is 0 Å². The van der Waals surface area contributed by atoms with Gasteiger partial charge in [0.2, 0.25) is 0 Å². The van der Waals surface area contributed by atoms with E-state index in [1.54, 1.807) is 6.07 Å². The van der Waals surface area contributed by atoms with Gasteiger partial charge in [-0.05, 0) is 40.9 Å². The largest absolute Gasteiger partial charge is 0.488 e. The lowest BCUT2D eigenvalue weighted by molar-refractivity contribution is 0.231. The number of halogens is 1. The van der Waals surface area contributed by atoms with Crippen LogP contribution in [0.5, 0.6) is 5.75 Å². The molecular formula is C14H24FN3O. The molecule has 1 rings (SSSR count). The van der Waals surface area contributed by atoms with E-state index in [-0.39, 0.29) is 11.9 Å². The number of nitrogen functional groups attached to an aromatic ring is 1. The van der Waals surface area contributed by atoms with E-state index in [4.69, 9.17) is 10.5 Å². The fourth-order valence-corrected chi connectivity index (χ4v) is 1.68. The lowest BCUT2D eigenvalue weighted by atomic mass is 10.2. The summed E-state index contributed by atoms with van der Waals surface area (Å²) in [7, 11) is 4.06. The molecule has 0 atom stereocenters. The molecule has 0 heterocycles. The molecule has 0 aliphatic heterocycles. The van der Waals surface area contributed by atoms with Crippen molar-refractivity contribution >= 4 is 11.4 Å². The van der Waals surface area contributed by atoms with Gasteiger partial charge in [0.15, 0.2) is 11.6 Å². The smallest absolute Gasteiger partial charge is 0.167 e. The number of ether oxygens (including phenoxy) is 1. The Balaban J connectivity index is 2.66. The van der Waals surface area contributed by atoms with Crippen LogP contribution in [0, 0.1) is 5.82 Å². The fraction of sp³-hybridized carbons (Fsp3) is 0.571. The number of anilines is 2. The maximum Gasteiger partial charge on any atom is 0.167 e. The van der Waals surface area contributed by atoms with Crippen LogP contribution in [0.4, 0.5) is 15.8 Å². The van der Waals surface area contributed by atoms with Gasteiger partial charge in [0, 0.05) is 18.7 Å². The van der Waals surface area contributed by atoms with Crippen molar-refractivity contribution in [2.75, 3.05) is 38.2 Å². The molecule has 0 spiro atoms. The zero-order chi connectivity index (χ0) is 14.4. The van der Waals surface area contributed by atoms with Gasteiger partial charge in [-0.15, -0.1) is 0 Å². The molecule has 0 amide bonds. The third-order valence-electron chi connectivity index (χ3n) is 2.56. The zero-order valence-electron chi connectivity index (χ0n) is 12.2. The summed E-state index contributed by atoms with van der Waals surface area (Å²) < 4.78 is 19.1. The maximum atomic E-state index is 13.6. The first-order chi connectivity index (χ1) is 8.90. The molecule has 0 radical (unpaired) electrons. The van der Waals surface area contributed by atoms with Crippen LogP contribution in [-0.2, 0) is 0 Å². The van der Waals surface area contributed by atoms with E-state index >= 15 is 0 Å². The Labute approximate surface area is 114 Å². The first-order valence-electron chi connectivity index (χ1n) is 6.54. The van der Waals surface area contributed by atoms with Crippen molar-refractivity contribution in [1.82, 2.24) is 4.90 Å².